The molecule has 3 aliphatic rings. The van der Waals surface area contributed by atoms with E-state index in [0.29, 0.717) is 5.91 Å². The van der Waals surface area contributed by atoms with Crippen LogP contribution in [0.4, 0.5) is 0 Å². The summed E-state index contributed by atoms with van der Waals surface area (Å²) in [4.78, 5) is 32.2. The van der Waals surface area contributed by atoms with Crippen molar-refractivity contribution in [3.63, 3.8) is 0 Å². The molecule has 1 aromatic heterocycles. The number of carbonyl (C=O) groups is 2. The lowest BCUT2D eigenvalue weighted by Crippen LogP contribution is -2.49. The summed E-state index contributed by atoms with van der Waals surface area (Å²) in [6.45, 7) is 6.01. The Bertz CT molecular complexity index is 956. The van der Waals surface area contributed by atoms with Gasteiger partial charge in [0.05, 0.1) is 5.56 Å². The Balaban J connectivity index is 1.06. The van der Waals surface area contributed by atoms with Crippen molar-refractivity contribution in [3.8, 4) is 0 Å². The molecule has 1 atom stereocenters. The van der Waals surface area contributed by atoms with Crippen molar-refractivity contribution in [3.05, 3.63) is 64.4 Å². The molecule has 6 heteroatoms. The third kappa shape index (κ3) is 4.52. The van der Waals surface area contributed by atoms with Gasteiger partial charge in [-0.25, -0.2) is 0 Å². The molecule has 3 heterocycles. The number of piperidine rings is 1. The second kappa shape index (κ2) is 9.20. The maximum atomic E-state index is 13.2. The van der Waals surface area contributed by atoms with E-state index in [2.05, 4.69) is 46.2 Å². The summed E-state index contributed by atoms with van der Waals surface area (Å²) in [5.41, 5.74) is 2.17. The number of likely N-dealkylation sites (tertiary alicyclic amines) is 1. The van der Waals surface area contributed by atoms with Crippen molar-refractivity contribution in [2.45, 2.75) is 19.3 Å². The first kappa shape index (κ1) is 21.4. The number of nitrogens with zero attached hydrogens (tertiary/aromatic N) is 3. The number of thiophene rings is 1. The van der Waals surface area contributed by atoms with E-state index in [-0.39, 0.29) is 17.2 Å². The van der Waals surface area contributed by atoms with E-state index in [1.165, 1.54) is 5.56 Å². The molecule has 3 fully saturated rings. The van der Waals surface area contributed by atoms with Crippen LogP contribution in [0.2, 0.25) is 0 Å². The molecule has 1 unspecified atom stereocenters. The fourth-order valence-electron chi connectivity index (χ4n) is 5.25. The highest BCUT2D eigenvalue weighted by Crippen LogP contribution is 2.60. The maximum absolute atomic E-state index is 13.2. The zero-order valence-corrected chi connectivity index (χ0v) is 19.3. The first-order valence-electron chi connectivity index (χ1n) is 11.7. The van der Waals surface area contributed by atoms with E-state index < -0.39 is 0 Å². The number of piperazine rings is 1. The smallest absolute Gasteiger partial charge is 0.254 e. The van der Waals surface area contributed by atoms with Crippen molar-refractivity contribution in [2.24, 2.45) is 11.3 Å². The molecule has 2 amide bonds. The van der Waals surface area contributed by atoms with Gasteiger partial charge in [-0.05, 0) is 41.7 Å². The topological polar surface area (TPSA) is 43.9 Å². The average Bonchev–Trinajstić information content (AvgIpc) is 3.26. The Labute approximate surface area is 194 Å². The van der Waals surface area contributed by atoms with Gasteiger partial charge in [-0.15, -0.1) is 0 Å². The molecule has 1 spiro atoms. The number of hydrogen-bond acceptors (Lipinski definition) is 4. The predicted molar refractivity (Wildman–Crippen MR) is 128 cm³/mol. The van der Waals surface area contributed by atoms with Crippen LogP contribution in [0.15, 0.2) is 53.2 Å². The molecular formula is C26H31N3O2S. The minimum absolute atomic E-state index is 0.141. The molecule has 0 radical (unpaired) electrons. The molecule has 2 aromatic rings. The number of hydrogen-bond donors (Lipinski definition) is 0. The lowest BCUT2D eigenvalue weighted by Gasteiger charge is -2.36. The van der Waals surface area contributed by atoms with Gasteiger partial charge in [0.25, 0.3) is 5.91 Å². The van der Waals surface area contributed by atoms with Gasteiger partial charge in [-0.3, -0.25) is 14.5 Å². The molecule has 0 bridgehead atoms. The summed E-state index contributed by atoms with van der Waals surface area (Å²) in [5, 5.41) is 3.88. The molecule has 5 rings (SSSR count). The maximum Gasteiger partial charge on any atom is 0.254 e. The number of carbonyl (C=O) groups excluding carboxylic acids is 2. The quantitative estimate of drug-likeness (QED) is 0.697. The molecule has 1 aliphatic carbocycles. The lowest BCUT2D eigenvalue weighted by molar-refractivity contribution is -0.135. The van der Waals surface area contributed by atoms with Crippen LogP contribution in [-0.4, -0.2) is 72.3 Å². The summed E-state index contributed by atoms with van der Waals surface area (Å²) in [6.07, 6.45) is 7.31. The van der Waals surface area contributed by atoms with Crippen molar-refractivity contribution in [1.29, 1.82) is 0 Å². The molecule has 2 saturated heterocycles. The van der Waals surface area contributed by atoms with Crippen LogP contribution in [0.5, 0.6) is 0 Å². The van der Waals surface area contributed by atoms with E-state index in [1.807, 2.05) is 27.8 Å². The van der Waals surface area contributed by atoms with Crippen molar-refractivity contribution >= 4 is 29.2 Å². The monoisotopic (exact) mass is 449 g/mol. The molecule has 1 saturated carbocycles. The van der Waals surface area contributed by atoms with E-state index in [1.54, 1.807) is 11.3 Å². The fraction of sp³-hybridized carbons (Fsp3) is 0.462. The number of benzene rings is 1. The van der Waals surface area contributed by atoms with Gasteiger partial charge in [-0.2, -0.15) is 11.3 Å². The number of amides is 2. The fourth-order valence-corrected chi connectivity index (χ4v) is 5.88. The van der Waals surface area contributed by atoms with Gasteiger partial charge < -0.3 is 9.80 Å². The third-order valence-electron chi connectivity index (χ3n) is 7.46. The lowest BCUT2D eigenvalue weighted by atomic mass is 9.90. The van der Waals surface area contributed by atoms with Crippen molar-refractivity contribution < 1.29 is 9.59 Å². The zero-order valence-electron chi connectivity index (χ0n) is 18.5. The minimum atomic E-state index is 0.141. The Morgan fingerprint density at radius 3 is 2.41 bits per heavy atom. The second-order valence-electron chi connectivity index (χ2n) is 9.36. The highest BCUT2D eigenvalue weighted by atomic mass is 32.1. The van der Waals surface area contributed by atoms with E-state index in [9.17, 15) is 9.59 Å². The first-order valence-corrected chi connectivity index (χ1v) is 12.6. The van der Waals surface area contributed by atoms with E-state index in [0.717, 1.165) is 70.6 Å². The predicted octanol–water partition coefficient (Wildman–Crippen LogP) is 3.85. The molecule has 168 valence electrons. The van der Waals surface area contributed by atoms with Crippen LogP contribution in [-0.2, 0) is 4.79 Å². The minimum Gasteiger partial charge on any atom is -0.340 e. The van der Waals surface area contributed by atoms with Crippen LogP contribution < -0.4 is 0 Å². The number of rotatable bonds is 5. The standard InChI is InChI=1S/C26H31N3O2S/c30-24(22-8-18-32-20-22)28-12-9-26(10-13-28)19-23(26)25(31)29-16-14-27(15-17-29)11-4-7-21-5-2-1-3-6-21/h1-8,18,20,23H,9-17,19H2/b7-4+. The van der Waals surface area contributed by atoms with Gasteiger partial charge in [0.2, 0.25) is 5.91 Å². The van der Waals surface area contributed by atoms with Gasteiger partial charge in [-0.1, -0.05) is 42.5 Å². The highest BCUT2D eigenvalue weighted by Gasteiger charge is 2.59. The van der Waals surface area contributed by atoms with Crippen molar-refractivity contribution in [2.75, 3.05) is 45.8 Å². The molecule has 0 N–H and O–H groups in total. The third-order valence-corrected chi connectivity index (χ3v) is 8.14. The first-order chi connectivity index (χ1) is 15.6. The summed E-state index contributed by atoms with van der Waals surface area (Å²) >= 11 is 1.56. The van der Waals surface area contributed by atoms with E-state index >= 15 is 0 Å². The summed E-state index contributed by atoms with van der Waals surface area (Å²) < 4.78 is 0. The van der Waals surface area contributed by atoms with Gasteiger partial charge in [0, 0.05) is 57.1 Å². The Hall–Kier alpha value is -2.44. The Morgan fingerprint density at radius 1 is 0.969 bits per heavy atom. The van der Waals surface area contributed by atoms with E-state index in [4.69, 9.17) is 0 Å². The SMILES string of the molecule is O=C(c1ccsc1)N1CCC2(CC1)CC2C(=O)N1CCN(C/C=C/c2ccccc2)CC1. The molecule has 2 aliphatic heterocycles. The Morgan fingerprint density at radius 2 is 1.72 bits per heavy atom. The van der Waals surface area contributed by atoms with Crippen molar-refractivity contribution in [1.82, 2.24) is 14.7 Å². The van der Waals surface area contributed by atoms with Crippen LogP contribution in [0.25, 0.3) is 6.08 Å². The zero-order chi connectivity index (χ0) is 22.0. The molecule has 5 nitrogen and oxygen atoms in total. The largest absolute Gasteiger partial charge is 0.340 e. The Kier molecular flexibility index (Phi) is 6.15. The molecule has 32 heavy (non-hydrogen) atoms. The second-order valence-corrected chi connectivity index (χ2v) is 10.1. The molecular weight excluding hydrogens is 418 g/mol. The molecule has 1 aromatic carbocycles. The van der Waals surface area contributed by atoms with Gasteiger partial charge in [0.1, 0.15) is 0 Å². The van der Waals surface area contributed by atoms with Crippen LogP contribution >= 0.6 is 11.3 Å². The summed E-state index contributed by atoms with van der Waals surface area (Å²) in [6, 6.07) is 12.3. The van der Waals surface area contributed by atoms with Crippen LogP contribution in [0.1, 0.15) is 35.2 Å². The van der Waals surface area contributed by atoms with Crippen LogP contribution in [0.3, 0.4) is 0 Å². The highest BCUT2D eigenvalue weighted by molar-refractivity contribution is 7.08. The van der Waals surface area contributed by atoms with Crippen LogP contribution in [0, 0.1) is 11.3 Å². The summed E-state index contributed by atoms with van der Waals surface area (Å²) in [7, 11) is 0. The van der Waals surface area contributed by atoms with Gasteiger partial charge >= 0.3 is 0 Å². The van der Waals surface area contributed by atoms with Gasteiger partial charge in [0.15, 0.2) is 0 Å². The summed E-state index contributed by atoms with van der Waals surface area (Å²) in [5.74, 6) is 0.662. The average molecular weight is 450 g/mol. The normalized spacial score (nSPS) is 23.1.